The van der Waals surface area contributed by atoms with Crippen LogP contribution in [0.4, 0.5) is 15.9 Å². The number of aromatic nitrogens is 1. The number of rotatable bonds is 9. The van der Waals surface area contributed by atoms with Crippen molar-refractivity contribution in [3.8, 4) is 18.1 Å². The van der Waals surface area contributed by atoms with E-state index in [1.807, 2.05) is 14.0 Å². The van der Waals surface area contributed by atoms with Gasteiger partial charge in [-0.15, -0.1) is 6.42 Å². The molecule has 0 aliphatic heterocycles. The number of benzene rings is 2. The smallest absolute Gasteiger partial charge is 0.259 e. The second-order valence-electron chi connectivity index (χ2n) is 7.88. The molecular weight excluding hydrogens is 497 g/mol. The molecule has 2 N–H and O–H groups in total. The van der Waals surface area contributed by atoms with Crippen LogP contribution in [0.25, 0.3) is 0 Å². The van der Waals surface area contributed by atoms with E-state index >= 15 is 0 Å². The number of hydrazone groups is 1. The molecule has 0 spiro atoms. The van der Waals surface area contributed by atoms with Crippen molar-refractivity contribution >= 4 is 41.1 Å². The Kier molecular flexibility index (Phi) is 9.19. The lowest BCUT2D eigenvalue weighted by Gasteiger charge is -2.16. The van der Waals surface area contributed by atoms with Crippen LogP contribution in [-0.4, -0.2) is 48.7 Å². The van der Waals surface area contributed by atoms with E-state index in [0.717, 1.165) is 13.0 Å². The van der Waals surface area contributed by atoms with Crippen molar-refractivity contribution in [2.75, 3.05) is 31.3 Å². The quantitative estimate of drug-likeness (QED) is 0.233. The first-order chi connectivity index (χ1) is 17.7. The lowest BCUT2D eigenvalue weighted by Crippen LogP contribution is -2.20. The number of hydrogen-bond donors (Lipinski definition) is 2. The van der Waals surface area contributed by atoms with Crippen LogP contribution in [-0.2, 0) is 0 Å². The number of halogens is 2. The van der Waals surface area contributed by atoms with Gasteiger partial charge in [-0.25, -0.2) is 9.37 Å². The summed E-state index contributed by atoms with van der Waals surface area (Å²) in [6.07, 6.45) is 9.19. The highest BCUT2D eigenvalue weighted by molar-refractivity contribution is 6.31. The van der Waals surface area contributed by atoms with E-state index in [4.69, 9.17) is 22.8 Å². The number of anilines is 2. The molecule has 10 heteroatoms. The normalized spacial score (nSPS) is 10.6. The Morgan fingerprint density at radius 3 is 2.57 bits per heavy atom. The average molecular weight is 522 g/mol. The molecule has 0 bridgehead atoms. The fourth-order valence-electron chi connectivity index (χ4n) is 3.31. The topological polar surface area (TPSA) is 95.9 Å². The molecule has 1 aromatic heterocycles. The Bertz CT molecular complexity index is 1370. The summed E-state index contributed by atoms with van der Waals surface area (Å²) in [5.74, 6) is 0.621. The molecule has 2 amide bonds. The van der Waals surface area contributed by atoms with E-state index < -0.39 is 17.6 Å². The number of carbonyl (C=O) groups is 2. The molecule has 3 aromatic rings. The van der Waals surface area contributed by atoms with Crippen LogP contribution in [0.5, 0.6) is 5.75 Å². The number of amides is 2. The van der Waals surface area contributed by atoms with Gasteiger partial charge >= 0.3 is 0 Å². The van der Waals surface area contributed by atoms with Gasteiger partial charge in [-0.3, -0.25) is 9.59 Å². The molecule has 3 rings (SSSR count). The molecule has 0 saturated heterocycles. The van der Waals surface area contributed by atoms with E-state index in [1.54, 1.807) is 17.1 Å². The van der Waals surface area contributed by atoms with E-state index in [1.165, 1.54) is 49.9 Å². The molecule has 0 saturated carbocycles. The number of nitrogens with one attached hydrogen (secondary N) is 2. The predicted octanol–water partition coefficient (Wildman–Crippen LogP) is 5.04. The van der Waals surface area contributed by atoms with E-state index in [9.17, 15) is 14.0 Å². The lowest BCUT2D eigenvalue weighted by atomic mass is 10.1. The van der Waals surface area contributed by atoms with Gasteiger partial charge in [-0.1, -0.05) is 30.5 Å². The standard InChI is InChI=1S/C27H25ClFN5O3/c1-5-11-34(3)31-16-18-7-9-20(22(29)12-18)26(35)33-25-21(13-19(28)14-23(25)37-4)27(36)32-24-10-8-17(6-2)15-30-24/h2,7-10,12-16H,5,11H2,1,3-4H3,(H,33,35)(H,30,32,36). The van der Waals surface area contributed by atoms with E-state index in [-0.39, 0.29) is 33.4 Å². The van der Waals surface area contributed by atoms with Crippen LogP contribution >= 0.6 is 11.6 Å². The third kappa shape index (κ3) is 7.06. The minimum absolute atomic E-state index is 0.0105. The average Bonchev–Trinajstić information content (AvgIpc) is 2.88. The maximum Gasteiger partial charge on any atom is 0.259 e. The number of carbonyl (C=O) groups excluding carboxylic acids is 2. The number of hydrogen-bond acceptors (Lipinski definition) is 6. The van der Waals surface area contributed by atoms with Gasteiger partial charge in [0.05, 0.1) is 30.1 Å². The second kappa shape index (κ2) is 12.5. The minimum atomic E-state index is -0.782. The zero-order chi connectivity index (χ0) is 26.9. The van der Waals surface area contributed by atoms with Gasteiger partial charge in [0.25, 0.3) is 11.8 Å². The summed E-state index contributed by atoms with van der Waals surface area (Å²) in [6.45, 7) is 2.78. The SMILES string of the molecule is C#Cc1ccc(NC(=O)c2cc(Cl)cc(OC)c2NC(=O)c2ccc(C=NN(C)CCC)cc2F)nc1. The zero-order valence-corrected chi connectivity index (χ0v) is 21.3. The summed E-state index contributed by atoms with van der Waals surface area (Å²) in [6, 6.07) is 10.0. The first-order valence-electron chi connectivity index (χ1n) is 11.2. The van der Waals surface area contributed by atoms with Gasteiger partial charge < -0.3 is 20.4 Å². The molecule has 0 atom stereocenters. The van der Waals surface area contributed by atoms with Crippen LogP contribution in [0, 0.1) is 18.2 Å². The van der Waals surface area contributed by atoms with E-state index in [0.29, 0.717) is 11.1 Å². The molecule has 0 radical (unpaired) electrons. The first-order valence-corrected chi connectivity index (χ1v) is 11.6. The van der Waals surface area contributed by atoms with Crippen molar-refractivity contribution < 1.29 is 18.7 Å². The van der Waals surface area contributed by atoms with Gasteiger partial charge in [0.1, 0.15) is 17.4 Å². The molecular formula is C27H25ClFN5O3. The highest BCUT2D eigenvalue weighted by Gasteiger charge is 2.22. The van der Waals surface area contributed by atoms with Crippen molar-refractivity contribution in [3.05, 3.63) is 81.8 Å². The van der Waals surface area contributed by atoms with Crippen LogP contribution < -0.4 is 15.4 Å². The minimum Gasteiger partial charge on any atom is -0.494 e. The Morgan fingerprint density at radius 1 is 1.19 bits per heavy atom. The van der Waals surface area contributed by atoms with Crippen molar-refractivity contribution in [1.82, 2.24) is 9.99 Å². The highest BCUT2D eigenvalue weighted by Crippen LogP contribution is 2.33. The third-order valence-electron chi connectivity index (χ3n) is 5.13. The van der Waals surface area contributed by atoms with Crippen LogP contribution in [0.3, 0.4) is 0 Å². The summed E-state index contributed by atoms with van der Waals surface area (Å²) in [7, 11) is 3.17. The first kappa shape index (κ1) is 27.2. The Balaban J connectivity index is 1.87. The third-order valence-corrected chi connectivity index (χ3v) is 5.35. The summed E-state index contributed by atoms with van der Waals surface area (Å²) in [5, 5.41) is 11.3. The lowest BCUT2D eigenvalue weighted by molar-refractivity contribution is 0.102. The van der Waals surface area contributed by atoms with Crippen molar-refractivity contribution in [1.29, 1.82) is 0 Å². The summed E-state index contributed by atoms with van der Waals surface area (Å²) in [4.78, 5) is 30.2. The monoisotopic (exact) mass is 521 g/mol. The number of methoxy groups -OCH3 is 1. The van der Waals surface area contributed by atoms with Crippen molar-refractivity contribution in [2.24, 2.45) is 5.10 Å². The van der Waals surface area contributed by atoms with Crippen molar-refractivity contribution in [2.45, 2.75) is 13.3 Å². The molecule has 190 valence electrons. The fraction of sp³-hybridized carbons (Fsp3) is 0.185. The van der Waals surface area contributed by atoms with E-state index in [2.05, 4.69) is 26.6 Å². The highest BCUT2D eigenvalue weighted by atomic mass is 35.5. The van der Waals surface area contributed by atoms with Gasteiger partial charge in [-0.2, -0.15) is 5.10 Å². The Labute approximate surface area is 219 Å². The van der Waals surface area contributed by atoms with Crippen LogP contribution in [0.1, 0.15) is 45.2 Å². The fourth-order valence-corrected chi connectivity index (χ4v) is 3.52. The number of terminal acetylenes is 1. The Hall–Kier alpha value is -4.42. The van der Waals surface area contributed by atoms with Crippen molar-refractivity contribution in [3.63, 3.8) is 0 Å². The summed E-state index contributed by atoms with van der Waals surface area (Å²) in [5.41, 5.74) is 0.811. The summed E-state index contributed by atoms with van der Waals surface area (Å²) >= 11 is 6.17. The van der Waals surface area contributed by atoms with Gasteiger partial charge in [0.15, 0.2) is 0 Å². The largest absolute Gasteiger partial charge is 0.494 e. The van der Waals surface area contributed by atoms with Gasteiger partial charge in [0.2, 0.25) is 0 Å². The summed E-state index contributed by atoms with van der Waals surface area (Å²) < 4.78 is 20.2. The second-order valence-corrected chi connectivity index (χ2v) is 8.32. The maximum absolute atomic E-state index is 14.8. The molecule has 0 fully saturated rings. The van der Waals surface area contributed by atoms with Gasteiger partial charge in [0, 0.05) is 36.4 Å². The molecule has 2 aromatic carbocycles. The van der Waals surface area contributed by atoms with Gasteiger partial charge in [-0.05, 0) is 42.3 Å². The Morgan fingerprint density at radius 2 is 1.95 bits per heavy atom. The molecule has 37 heavy (non-hydrogen) atoms. The molecule has 0 unspecified atom stereocenters. The zero-order valence-electron chi connectivity index (χ0n) is 20.5. The van der Waals surface area contributed by atoms with Crippen LogP contribution in [0.2, 0.25) is 5.02 Å². The predicted molar refractivity (Wildman–Crippen MR) is 143 cm³/mol. The molecule has 0 aliphatic carbocycles. The number of nitrogens with zero attached hydrogens (tertiary/aromatic N) is 3. The number of pyridine rings is 1. The molecule has 1 heterocycles. The number of ether oxygens (including phenoxy) is 1. The maximum atomic E-state index is 14.8. The van der Waals surface area contributed by atoms with Crippen LogP contribution in [0.15, 0.2) is 53.8 Å². The molecule has 8 nitrogen and oxygen atoms in total. The molecule has 0 aliphatic rings.